The van der Waals surface area contributed by atoms with Crippen molar-refractivity contribution in [2.45, 2.75) is 12.2 Å². The molecule has 0 spiro atoms. The number of anilines is 2. The van der Waals surface area contributed by atoms with Gasteiger partial charge < -0.3 is 11.1 Å². The fraction of sp³-hybridized carbons (Fsp3) is 0.500. The van der Waals surface area contributed by atoms with Gasteiger partial charge in [-0.3, -0.25) is 4.21 Å². The molecule has 5 nitrogen and oxygen atoms in total. The van der Waals surface area contributed by atoms with Gasteiger partial charge in [0.05, 0.1) is 0 Å². The molecule has 0 radical (unpaired) electrons. The second-order valence-electron chi connectivity index (χ2n) is 3.03. The molecular weight excluding hydrogens is 200 g/mol. The fourth-order valence-electron chi connectivity index (χ4n) is 0.803. The summed E-state index contributed by atoms with van der Waals surface area (Å²) in [6.45, 7) is 2.52. The lowest BCUT2D eigenvalue weighted by Crippen LogP contribution is -2.21. The Labute approximate surface area is 85.6 Å². The SMILES string of the molecule is CC(CNc1ccc(N)nn1)S(C)=O. The van der Waals surface area contributed by atoms with E-state index in [9.17, 15) is 4.21 Å². The van der Waals surface area contributed by atoms with E-state index in [4.69, 9.17) is 5.73 Å². The van der Waals surface area contributed by atoms with Crippen LogP contribution in [0.3, 0.4) is 0 Å². The summed E-state index contributed by atoms with van der Waals surface area (Å²) in [5.74, 6) is 1.04. The Bertz CT molecular complexity index is 314. The fourth-order valence-corrected chi connectivity index (χ4v) is 1.12. The summed E-state index contributed by atoms with van der Waals surface area (Å²) in [5, 5.41) is 10.6. The molecule has 14 heavy (non-hydrogen) atoms. The standard InChI is InChI=1S/C8H14N4OS/c1-6(14(2)13)5-10-8-4-3-7(9)11-12-8/h3-4,6H,5H2,1-2H3,(H2,9,11)(H,10,12). The van der Waals surface area contributed by atoms with Crippen molar-refractivity contribution >= 4 is 22.4 Å². The molecule has 0 saturated heterocycles. The molecular formula is C8H14N4OS. The Morgan fingerprint density at radius 3 is 2.79 bits per heavy atom. The summed E-state index contributed by atoms with van der Waals surface area (Å²) < 4.78 is 11.0. The van der Waals surface area contributed by atoms with Gasteiger partial charge >= 0.3 is 0 Å². The van der Waals surface area contributed by atoms with E-state index in [1.54, 1.807) is 18.4 Å². The van der Waals surface area contributed by atoms with E-state index in [2.05, 4.69) is 15.5 Å². The predicted molar refractivity (Wildman–Crippen MR) is 58.5 cm³/mol. The summed E-state index contributed by atoms with van der Waals surface area (Å²) in [6, 6.07) is 3.41. The van der Waals surface area contributed by atoms with Crippen LogP contribution in [0.25, 0.3) is 0 Å². The van der Waals surface area contributed by atoms with Crippen molar-refractivity contribution in [3.8, 4) is 0 Å². The van der Waals surface area contributed by atoms with Gasteiger partial charge in [-0.05, 0) is 19.1 Å². The first-order chi connectivity index (χ1) is 6.59. The second kappa shape index (κ2) is 4.90. The lowest BCUT2D eigenvalue weighted by Gasteiger charge is -2.09. The molecule has 0 aliphatic heterocycles. The molecule has 0 aromatic carbocycles. The number of nitrogens with one attached hydrogen (secondary N) is 1. The molecule has 1 aromatic rings. The van der Waals surface area contributed by atoms with Crippen LogP contribution in [0.15, 0.2) is 12.1 Å². The van der Waals surface area contributed by atoms with Crippen molar-refractivity contribution in [2.75, 3.05) is 23.9 Å². The van der Waals surface area contributed by atoms with E-state index in [0.717, 1.165) is 0 Å². The summed E-state index contributed by atoms with van der Waals surface area (Å²) >= 11 is 0. The predicted octanol–water partition coefficient (Wildman–Crippen LogP) is 0.238. The first kappa shape index (κ1) is 10.9. The number of rotatable bonds is 4. The summed E-state index contributed by atoms with van der Waals surface area (Å²) in [4.78, 5) is 0. The molecule has 3 N–H and O–H groups in total. The van der Waals surface area contributed by atoms with Gasteiger partial charge in [-0.1, -0.05) is 0 Å². The zero-order chi connectivity index (χ0) is 10.6. The third-order valence-electron chi connectivity index (χ3n) is 1.82. The van der Waals surface area contributed by atoms with Crippen molar-refractivity contribution in [1.29, 1.82) is 0 Å². The molecule has 78 valence electrons. The largest absolute Gasteiger partial charge is 0.382 e. The van der Waals surface area contributed by atoms with Crippen molar-refractivity contribution < 1.29 is 4.21 Å². The summed E-state index contributed by atoms with van der Waals surface area (Å²) in [6.07, 6.45) is 1.68. The highest BCUT2D eigenvalue weighted by Gasteiger charge is 2.05. The van der Waals surface area contributed by atoms with Crippen LogP contribution in [0, 0.1) is 0 Å². The van der Waals surface area contributed by atoms with Crippen molar-refractivity contribution in [3.05, 3.63) is 12.1 Å². The van der Waals surface area contributed by atoms with Crippen molar-refractivity contribution in [2.24, 2.45) is 0 Å². The number of aromatic nitrogens is 2. The molecule has 2 atom stereocenters. The third-order valence-corrected chi connectivity index (χ3v) is 3.12. The molecule has 0 aliphatic carbocycles. The van der Waals surface area contributed by atoms with Crippen molar-refractivity contribution in [3.63, 3.8) is 0 Å². The van der Waals surface area contributed by atoms with Crippen LogP contribution in [0.5, 0.6) is 0 Å². The number of nitrogens with two attached hydrogens (primary N) is 1. The Morgan fingerprint density at radius 2 is 2.29 bits per heavy atom. The van der Waals surface area contributed by atoms with Gasteiger partial charge in [0.15, 0.2) is 0 Å². The molecule has 0 saturated carbocycles. The Hall–Kier alpha value is -1.17. The van der Waals surface area contributed by atoms with Crippen molar-refractivity contribution in [1.82, 2.24) is 10.2 Å². The smallest absolute Gasteiger partial charge is 0.148 e. The highest BCUT2D eigenvalue weighted by Crippen LogP contribution is 2.03. The Morgan fingerprint density at radius 1 is 1.57 bits per heavy atom. The van der Waals surface area contributed by atoms with Crippen LogP contribution in [0.4, 0.5) is 11.6 Å². The third kappa shape index (κ3) is 3.29. The van der Waals surface area contributed by atoms with Crippen LogP contribution in [-0.2, 0) is 10.8 Å². The topological polar surface area (TPSA) is 80.9 Å². The Balaban J connectivity index is 2.46. The number of hydrogen-bond donors (Lipinski definition) is 2. The monoisotopic (exact) mass is 214 g/mol. The van der Waals surface area contributed by atoms with Crippen LogP contribution in [0.2, 0.25) is 0 Å². The van der Waals surface area contributed by atoms with Crippen LogP contribution in [-0.4, -0.2) is 32.5 Å². The average Bonchev–Trinajstić information content (AvgIpc) is 2.16. The highest BCUT2D eigenvalue weighted by atomic mass is 32.2. The van der Waals surface area contributed by atoms with Crippen LogP contribution < -0.4 is 11.1 Å². The van der Waals surface area contributed by atoms with Gasteiger partial charge in [-0.15, -0.1) is 10.2 Å². The summed E-state index contributed by atoms with van der Waals surface area (Å²) in [5.41, 5.74) is 5.38. The maximum absolute atomic E-state index is 11.0. The lowest BCUT2D eigenvalue weighted by atomic mass is 10.4. The van der Waals surface area contributed by atoms with E-state index in [1.165, 1.54) is 0 Å². The second-order valence-corrected chi connectivity index (χ2v) is 4.84. The maximum Gasteiger partial charge on any atom is 0.148 e. The molecule has 0 bridgehead atoms. The normalized spacial score (nSPS) is 14.7. The van der Waals surface area contributed by atoms with Gasteiger partial charge in [0.2, 0.25) is 0 Å². The zero-order valence-electron chi connectivity index (χ0n) is 8.23. The Kier molecular flexibility index (Phi) is 3.82. The number of nitrogen functional groups attached to an aromatic ring is 1. The lowest BCUT2D eigenvalue weighted by molar-refractivity contribution is 0.678. The van der Waals surface area contributed by atoms with E-state index in [0.29, 0.717) is 18.2 Å². The molecule has 1 aromatic heterocycles. The van der Waals surface area contributed by atoms with E-state index >= 15 is 0 Å². The molecule has 0 fully saturated rings. The first-order valence-electron chi connectivity index (χ1n) is 4.25. The minimum absolute atomic E-state index is 0.0920. The number of nitrogens with zero attached hydrogens (tertiary/aromatic N) is 2. The molecule has 1 heterocycles. The highest BCUT2D eigenvalue weighted by molar-refractivity contribution is 7.84. The molecule has 2 unspecified atom stereocenters. The number of hydrogen-bond acceptors (Lipinski definition) is 5. The van der Waals surface area contributed by atoms with Gasteiger partial charge in [0, 0.05) is 28.9 Å². The molecule has 6 heteroatoms. The first-order valence-corrected chi connectivity index (χ1v) is 5.87. The van der Waals surface area contributed by atoms with Gasteiger partial charge in [-0.2, -0.15) is 0 Å². The molecule has 0 aliphatic rings. The van der Waals surface area contributed by atoms with E-state index < -0.39 is 10.8 Å². The van der Waals surface area contributed by atoms with Crippen LogP contribution in [0.1, 0.15) is 6.92 Å². The minimum atomic E-state index is -0.824. The molecule has 0 amide bonds. The van der Waals surface area contributed by atoms with Gasteiger partial charge in [0.25, 0.3) is 0 Å². The maximum atomic E-state index is 11.0. The van der Waals surface area contributed by atoms with Crippen LogP contribution >= 0.6 is 0 Å². The summed E-state index contributed by atoms with van der Waals surface area (Å²) in [7, 11) is -0.824. The van der Waals surface area contributed by atoms with E-state index in [1.807, 2.05) is 6.92 Å². The molecule has 1 rings (SSSR count). The van der Waals surface area contributed by atoms with Gasteiger partial charge in [0.1, 0.15) is 11.6 Å². The average molecular weight is 214 g/mol. The minimum Gasteiger partial charge on any atom is -0.382 e. The van der Waals surface area contributed by atoms with E-state index in [-0.39, 0.29) is 5.25 Å². The quantitative estimate of drug-likeness (QED) is 0.750. The zero-order valence-corrected chi connectivity index (χ0v) is 9.04. The van der Waals surface area contributed by atoms with Gasteiger partial charge in [-0.25, -0.2) is 0 Å².